The summed E-state index contributed by atoms with van der Waals surface area (Å²) in [6.45, 7) is 0.627. The van der Waals surface area contributed by atoms with Crippen LogP contribution in [-0.2, 0) is 6.54 Å². The molecule has 0 amide bonds. The van der Waals surface area contributed by atoms with Gasteiger partial charge >= 0.3 is 5.69 Å². The second kappa shape index (κ2) is 3.96. The summed E-state index contributed by atoms with van der Waals surface area (Å²) in [5, 5.41) is 7.53. The van der Waals surface area contributed by atoms with Crippen molar-refractivity contribution in [3.05, 3.63) is 29.1 Å². The van der Waals surface area contributed by atoms with E-state index in [1.807, 2.05) is 7.05 Å². The zero-order valence-electron chi connectivity index (χ0n) is 9.71. The first-order valence-corrected chi connectivity index (χ1v) is 5.86. The molecule has 6 nitrogen and oxygen atoms in total. The lowest BCUT2D eigenvalue weighted by molar-refractivity contribution is 0.407. The Bertz CT molecular complexity index is 583. The molecule has 0 aromatic carbocycles. The number of fused-ring (bicyclic) bond motifs is 1. The number of hydrogen-bond acceptors (Lipinski definition) is 4. The summed E-state index contributed by atoms with van der Waals surface area (Å²) >= 11 is 0. The standard InChI is InChI=1S/C11H15N5O/c1-12-9(8-2-3-8)7-16-11(17)15-5-4-13-6-10(15)14-16/h4-6,8-9,12H,2-3,7H2,1H3. The van der Waals surface area contributed by atoms with Gasteiger partial charge in [0.2, 0.25) is 0 Å². The second-order valence-electron chi connectivity index (χ2n) is 4.50. The lowest BCUT2D eigenvalue weighted by atomic mass is 10.2. The minimum Gasteiger partial charge on any atom is -0.315 e. The molecule has 2 aromatic rings. The van der Waals surface area contributed by atoms with Crippen molar-refractivity contribution < 1.29 is 0 Å². The predicted octanol–water partition coefficient (Wildman–Crippen LogP) is -0.111. The molecule has 0 saturated heterocycles. The monoisotopic (exact) mass is 233 g/mol. The van der Waals surface area contributed by atoms with E-state index in [9.17, 15) is 4.79 Å². The summed E-state index contributed by atoms with van der Waals surface area (Å²) < 4.78 is 3.04. The van der Waals surface area contributed by atoms with Crippen molar-refractivity contribution >= 4 is 5.65 Å². The fourth-order valence-electron chi connectivity index (χ4n) is 2.16. The van der Waals surface area contributed by atoms with Gasteiger partial charge in [0.05, 0.1) is 12.7 Å². The van der Waals surface area contributed by atoms with Crippen LogP contribution in [0.3, 0.4) is 0 Å². The van der Waals surface area contributed by atoms with Crippen molar-refractivity contribution in [2.24, 2.45) is 5.92 Å². The van der Waals surface area contributed by atoms with Crippen LogP contribution in [0.5, 0.6) is 0 Å². The van der Waals surface area contributed by atoms with Gasteiger partial charge in [-0.15, -0.1) is 5.10 Å². The van der Waals surface area contributed by atoms with Gasteiger partial charge < -0.3 is 5.32 Å². The molecular formula is C11H15N5O. The Morgan fingerprint density at radius 3 is 3.06 bits per heavy atom. The van der Waals surface area contributed by atoms with Gasteiger partial charge in [-0.1, -0.05) is 0 Å². The first-order valence-electron chi connectivity index (χ1n) is 5.86. The van der Waals surface area contributed by atoms with Crippen LogP contribution in [-0.4, -0.2) is 32.3 Å². The third-order valence-corrected chi connectivity index (χ3v) is 3.32. The van der Waals surface area contributed by atoms with Crippen LogP contribution in [0.2, 0.25) is 0 Å². The molecule has 1 unspecified atom stereocenters. The summed E-state index contributed by atoms with van der Waals surface area (Å²) in [4.78, 5) is 16.0. The average Bonchev–Trinajstić information content (AvgIpc) is 3.14. The second-order valence-corrected chi connectivity index (χ2v) is 4.50. The normalized spacial score (nSPS) is 17.5. The van der Waals surface area contributed by atoms with Gasteiger partial charge in [-0.2, -0.15) is 0 Å². The lowest BCUT2D eigenvalue weighted by Crippen LogP contribution is -2.36. The van der Waals surface area contributed by atoms with Gasteiger partial charge in [0.25, 0.3) is 0 Å². The van der Waals surface area contributed by atoms with E-state index < -0.39 is 0 Å². The van der Waals surface area contributed by atoms with Crippen LogP contribution < -0.4 is 11.0 Å². The van der Waals surface area contributed by atoms with Gasteiger partial charge in [-0.3, -0.25) is 4.98 Å². The molecule has 2 heterocycles. The maximum atomic E-state index is 12.0. The zero-order valence-corrected chi connectivity index (χ0v) is 9.71. The third-order valence-electron chi connectivity index (χ3n) is 3.32. The molecular weight excluding hydrogens is 218 g/mol. The highest BCUT2D eigenvalue weighted by Crippen LogP contribution is 2.32. The molecule has 0 spiro atoms. The molecule has 6 heteroatoms. The Hall–Kier alpha value is -1.69. The number of likely N-dealkylation sites (N-methyl/N-ethyl adjacent to an activating group) is 1. The fourth-order valence-corrected chi connectivity index (χ4v) is 2.16. The topological polar surface area (TPSA) is 64.2 Å². The van der Waals surface area contributed by atoms with Crippen molar-refractivity contribution in [3.8, 4) is 0 Å². The highest BCUT2D eigenvalue weighted by Gasteiger charge is 2.30. The van der Waals surface area contributed by atoms with Gasteiger partial charge in [0, 0.05) is 18.4 Å². The summed E-state index contributed by atoms with van der Waals surface area (Å²) in [5.74, 6) is 0.690. The van der Waals surface area contributed by atoms with Crippen LogP contribution in [0.25, 0.3) is 5.65 Å². The largest absolute Gasteiger partial charge is 0.350 e. The molecule has 1 saturated carbocycles. The van der Waals surface area contributed by atoms with Gasteiger partial charge in [-0.25, -0.2) is 13.9 Å². The number of nitrogens with zero attached hydrogens (tertiary/aromatic N) is 4. The van der Waals surface area contributed by atoms with Crippen molar-refractivity contribution in [2.45, 2.75) is 25.4 Å². The maximum Gasteiger partial charge on any atom is 0.350 e. The summed E-state index contributed by atoms with van der Waals surface area (Å²) in [6.07, 6.45) is 7.33. The highest BCUT2D eigenvalue weighted by atomic mass is 16.2. The number of nitrogens with one attached hydrogen (secondary N) is 1. The highest BCUT2D eigenvalue weighted by molar-refractivity contribution is 5.31. The van der Waals surface area contributed by atoms with Crippen LogP contribution >= 0.6 is 0 Å². The maximum absolute atomic E-state index is 12.0. The minimum absolute atomic E-state index is 0.0942. The lowest BCUT2D eigenvalue weighted by Gasteiger charge is -2.13. The van der Waals surface area contributed by atoms with Crippen LogP contribution in [0.4, 0.5) is 0 Å². The Labute approximate surface area is 98.3 Å². The Morgan fingerprint density at radius 1 is 1.59 bits per heavy atom. The van der Waals surface area contributed by atoms with E-state index in [0.29, 0.717) is 24.2 Å². The van der Waals surface area contributed by atoms with Crippen molar-refractivity contribution in [2.75, 3.05) is 7.05 Å². The van der Waals surface area contributed by atoms with Crippen molar-refractivity contribution in [3.63, 3.8) is 0 Å². The molecule has 1 fully saturated rings. The molecule has 0 bridgehead atoms. The molecule has 0 radical (unpaired) electrons. The summed E-state index contributed by atoms with van der Waals surface area (Å²) in [6, 6.07) is 0.338. The molecule has 3 rings (SSSR count). The minimum atomic E-state index is -0.0942. The van der Waals surface area contributed by atoms with E-state index in [0.717, 1.165) is 0 Å². The fraction of sp³-hybridized carbons (Fsp3) is 0.545. The molecule has 1 atom stereocenters. The molecule has 1 aliphatic carbocycles. The molecule has 90 valence electrons. The van der Waals surface area contributed by atoms with E-state index in [-0.39, 0.29) is 5.69 Å². The molecule has 17 heavy (non-hydrogen) atoms. The van der Waals surface area contributed by atoms with Crippen LogP contribution in [0.1, 0.15) is 12.8 Å². The van der Waals surface area contributed by atoms with E-state index in [1.165, 1.54) is 21.9 Å². The number of hydrogen-bond donors (Lipinski definition) is 1. The van der Waals surface area contributed by atoms with Crippen LogP contribution in [0, 0.1) is 5.92 Å². The quantitative estimate of drug-likeness (QED) is 0.800. The number of rotatable bonds is 4. The predicted molar refractivity (Wildman–Crippen MR) is 62.8 cm³/mol. The van der Waals surface area contributed by atoms with Gasteiger partial charge in [-0.05, 0) is 25.8 Å². The summed E-state index contributed by atoms with van der Waals surface area (Å²) in [5.41, 5.74) is 0.506. The van der Waals surface area contributed by atoms with E-state index in [4.69, 9.17) is 0 Å². The molecule has 0 aliphatic heterocycles. The van der Waals surface area contributed by atoms with E-state index in [1.54, 1.807) is 18.6 Å². The molecule has 2 aromatic heterocycles. The van der Waals surface area contributed by atoms with Crippen molar-refractivity contribution in [1.29, 1.82) is 0 Å². The van der Waals surface area contributed by atoms with Crippen LogP contribution in [0.15, 0.2) is 23.4 Å². The molecule has 1 aliphatic rings. The van der Waals surface area contributed by atoms with Crippen molar-refractivity contribution in [1.82, 2.24) is 24.5 Å². The Kier molecular flexibility index (Phi) is 2.44. The molecule has 1 N–H and O–H groups in total. The third kappa shape index (κ3) is 1.84. The SMILES string of the molecule is CNC(Cn1nc2cnccn2c1=O)C1CC1. The first-order chi connectivity index (χ1) is 8.29. The van der Waals surface area contributed by atoms with E-state index in [2.05, 4.69) is 15.4 Å². The smallest absolute Gasteiger partial charge is 0.315 e. The summed E-state index contributed by atoms with van der Waals surface area (Å²) in [7, 11) is 1.94. The zero-order chi connectivity index (χ0) is 11.8. The Balaban J connectivity index is 1.94. The Morgan fingerprint density at radius 2 is 2.41 bits per heavy atom. The van der Waals surface area contributed by atoms with Gasteiger partial charge in [0.15, 0.2) is 5.65 Å². The average molecular weight is 233 g/mol. The van der Waals surface area contributed by atoms with E-state index >= 15 is 0 Å². The first kappa shape index (κ1) is 10.5. The van der Waals surface area contributed by atoms with Gasteiger partial charge in [0.1, 0.15) is 0 Å². The number of aromatic nitrogens is 4.